The first kappa shape index (κ1) is 28.8. The van der Waals surface area contributed by atoms with Crippen LogP contribution in [0.3, 0.4) is 0 Å². The predicted molar refractivity (Wildman–Crippen MR) is 166 cm³/mol. The number of carbonyl (C=O) groups excluding carboxylic acids is 3. The molecule has 4 aliphatic carbocycles. The van der Waals surface area contributed by atoms with E-state index in [1.807, 2.05) is 12.1 Å². The third-order valence-electron chi connectivity index (χ3n) is 9.89. The molecule has 3 aromatic carbocycles. The number of rotatable bonds is 8. The zero-order chi connectivity index (χ0) is 31.3. The molecular weight excluding hydrogens is 574 g/mol. The Hall–Kier alpha value is -4.99. The van der Waals surface area contributed by atoms with Crippen LogP contribution in [0.4, 0.5) is 16.2 Å². The van der Waals surface area contributed by atoms with Crippen LogP contribution in [0.5, 0.6) is 11.5 Å². The second-order valence-corrected chi connectivity index (χ2v) is 12.8. The van der Waals surface area contributed by atoms with Crippen LogP contribution in [0, 0.1) is 27.9 Å². The van der Waals surface area contributed by atoms with Crippen molar-refractivity contribution in [1.82, 2.24) is 5.32 Å². The van der Waals surface area contributed by atoms with Gasteiger partial charge >= 0.3 is 6.03 Å². The quantitative estimate of drug-likeness (QED) is 0.137. The zero-order valence-electron chi connectivity index (χ0n) is 24.9. The largest absolute Gasteiger partial charge is 0.493 e. The van der Waals surface area contributed by atoms with Crippen LogP contribution in [0.25, 0.3) is 6.08 Å². The first-order valence-electron chi connectivity index (χ1n) is 15.3. The minimum absolute atomic E-state index is 0.0356. The average molecular weight is 608 g/mol. The SMILES string of the molecule is COc1cc(/C=C2\C(=O)NC(=O)N(c3ccc(C45CC6CC(CC(C6)C4)C5)cc3)C2=O)ccc1OCc1cccc([N+](=O)[O-])c1. The van der Waals surface area contributed by atoms with Gasteiger partial charge in [0, 0.05) is 12.1 Å². The lowest BCUT2D eigenvalue weighted by Crippen LogP contribution is -2.54. The minimum atomic E-state index is -0.785. The molecule has 4 bridgehead atoms. The van der Waals surface area contributed by atoms with Gasteiger partial charge in [0.1, 0.15) is 12.2 Å². The Labute approximate surface area is 260 Å². The summed E-state index contributed by atoms with van der Waals surface area (Å²) >= 11 is 0. The number of imide groups is 2. The lowest BCUT2D eigenvalue weighted by molar-refractivity contribution is -0.384. The predicted octanol–water partition coefficient (Wildman–Crippen LogP) is 6.32. The smallest absolute Gasteiger partial charge is 0.335 e. The van der Waals surface area contributed by atoms with Crippen molar-refractivity contribution in [3.8, 4) is 11.5 Å². The number of anilines is 1. The number of nitrogens with one attached hydrogen (secondary N) is 1. The highest BCUT2D eigenvalue weighted by Crippen LogP contribution is 2.60. The van der Waals surface area contributed by atoms with Crippen LogP contribution in [0.2, 0.25) is 0 Å². The monoisotopic (exact) mass is 607 g/mol. The third-order valence-corrected chi connectivity index (χ3v) is 9.89. The van der Waals surface area contributed by atoms with E-state index in [1.54, 1.807) is 30.3 Å². The molecule has 0 radical (unpaired) electrons. The molecule has 1 heterocycles. The molecule has 1 saturated heterocycles. The summed E-state index contributed by atoms with van der Waals surface area (Å²) in [5.74, 6) is 1.63. The maximum atomic E-state index is 13.6. The van der Waals surface area contributed by atoms with Gasteiger partial charge in [-0.15, -0.1) is 0 Å². The zero-order valence-corrected chi connectivity index (χ0v) is 24.9. The number of hydrogen-bond donors (Lipinski definition) is 1. The van der Waals surface area contributed by atoms with Crippen molar-refractivity contribution >= 4 is 35.3 Å². The van der Waals surface area contributed by atoms with Crippen molar-refractivity contribution in [2.75, 3.05) is 12.0 Å². The number of benzene rings is 3. The summed E-state index contributed by atoms with van der Waals surface area (Å²) in [6, 6.07) is 18.0. The van der Waals surface area contributed by atoms with Crippen molar-refractivity contribution in [2.24, 2.45) is 17.8 Å². The van der Waals surface area contributed by atoms with Crippen molar-refractivity contribution in [1.29, 1.82) is 0 Å². The fourth-order valence-corrected chi connectivity index (χ4v) is 8.30. The van der Waals surface area contributed by atoms with Crippen LogP contribution in [-0.4, -0.2) is 29.9 Å². The second-order valence-electron chi connectivity index (χ2n) is 12.8. The standard InChI is InChI=1S/C35H33N3O7/c1-44-31-16-21(5-10-30(31)45-20-22-3-2-4-28(14-22)38(42)43)15-29-32(39)36-34(41)37(33(29)40)27-8-6-26(7-9-27)35-17-23-11-24(18-35)13-25(12-23)19-35/h2-10,14-16,23-25H,11-13,17-20H2,1H3,(H,36,39,41)/b29-15+. The van der Waals surface area contributed by atoms with E-state index in [0.29, 0.717) is 28.3 Å². The first-order chi connectivity index (χ1) is 21.7. The molecule has 1 N–H and O–H groups in total. The van der Waals surface area contributed by atoms with Crippen LogP contribution in [0.1, 0.15) is 55.2 Å². The maximum Gasteiger partial charge on any atom is 0.335 e. The molecule has 8 rings (SSSR count). The number of urea groups is 1. The van der Waals surface area contributed by atoms with Gasteiger partial charge in [-0.05, 0) is 109 Å². The summed E-state index contributed by atoms with van der Waals surface area (Å²) in [6.45, 7) is 0.0676. The van der Waals surface area contributed by atoms with E-state index in [0.717, 1.165) is 22.7 Å². The summed E-state index contributed by atoms with van der Waals surface area (Å²) in [6.07, 6.45) is 9.11. The Balaban J connectivity index is 1.10. The van der Waals surface area contributed by atoms with Gasteiger partial charge in [0.15, 0.2) is 11.5 Å². The molecule has 1 aliphatic heterocycles. The number of non-ortho nitro benzene ring substituents is 1. The Morgan fingerprint density at radius 3 is 2.27 bits per heavy atom. The van der Waals surface area contributed by atoms with E-state index in [2.05, 4.69) is 17.4 Å². The second kappa shape index (κ2) is 11.2. The van der Waals surface area contributed by atoms with Crippen LogP contribution >= 0.6 is 0 Å². The van der Waals surface area contributed by atoms with E-state index in [9.17, 15) is 24.5 Å². The third kappa shape index (κ3) is 5.34. The Kier molecular flexibility index (Phi) is 7.14. The number of ether oxygens (including phenoxy) is 2. The summed E-state index contributed by atoms with van der Waals surface area (Å²) in [5.41, 5.74) is 2.75. The molecule has 4 amide bonds. The number of barbiturate groups is 1. The molecule has 0 spiro atoms. The van der Waals surface area contributed by atoms with Crippen molar-refractivity contribution in [3.63, 3.8) is 0 Å². The number of amides is 4. The van der Waals surface area contributed by atoms with Crippen molar-refractivity contribution < 1.29 is 28.8 Å². The highest BCUT2D eigenvalue weighted by atomic mass is 16.6. The fourth-order valence-electron chi connectivity index (χ4n) is 8.30. The number of hydrogen-bond acceptors (Lipinski definition) is 7. The normalized spacial score (nSPS) is 26.2. The molecule has 230 valence electrons. The number of nitrogens with zero attached hydrogens (tertiary/aromatic N) is 2. The Bertz CT molecular complexity index is 1710. The van der Waals surface area contributed by atoms with E-state index >= 15 is 0 Å². The molecule has 4 saturated carbocycles. The molecule has 5 fully saturated rings. The van der Waals surface area contributed by atoms with Gasteiger partial charge < -0.3 is 9.47 Å². The average Bonchev–Trinajstić information content (AvgIpc) is 3.02. The van der Waals surface area contributed by atoms with Gasteiger partial charge in [-0.2, -0.15) is 0 Å². The van der Waals surface area contributed by atoms with Gasteiger partial charge in [0.05, 0.1) is 17.7 Å². The van der Waals surface area contributed by atoms with Crippen LogP contribution in [0.15, 0.2) is 72.3 Å². The fraction of sp³-hybridized carbons (Fsp3) is 0.343. The van der Waals surface area contributed by atoms with E-state index in [4.69, 9.17) is 9.47 Å². The minimum Gasteiger partial charge on any atom is -0.493 e. The molecular formula is C35H33N3O7. The van der Waals surface area contributed by atoms with Gasteiger partial charge in [-0.1, -0.05) is 30.3 Å². The highest BCUT2D eigenvalue weighted by molar-refractivity contribution is 6.39. The maximum absolute atomic E-state index is 13.6. The van der Waals surface area contributed by atoms with Crippen LogP contribution < -0.4 is 19.7 Å². The molecule has 3 aromatic rings. The Morgan fingerprint density at radius 2 is 1.62 bits per heavy atom. The lowest BCUT2D eigenvalue weighted by atomic mass is 9.48. The Morgan fingerprint density at radius 1 is 0.933 bits per heavy atom. The van der Waals surface area contributed by atoms with Gasteiger partial charge in [0.25, 0.3) is 17.5 Å². The summed E-state index contributed by atoms with van der Waals surface area (Å²) < 4.78 is 11.3. The molecule has 10 heteroatoms. The molecule has 10 nitrogen and oxygen atoms in total. The number of nitro groups is 1. The molecule has 0 atom stereocenters. The van der Waals surface area contributed by atoms with Crippen LogP contribution in [-0.2, 0) is 21.6 Å². The van der Waals surface area contributed by atoms with E-state index in [-0.39, 0.29) is 23.3 Å². The van der Waals surface area contributed by atoms with E-state index in [1.165, 1.54) is 69.4 Å². The molecule has 45 heavy (non-hydrogen) atoms. The summed E-state index contributed by atoms with van der Waals surface area (Å²) in [4.78, 5) is 50.9. The first-order valence-corrected chi connectivity index (χ1v) is 15.3. The molecule has 0 unspecified atom stereocenters. The summed E-state index contributed by atoms with van der Waals surface area (Å²) in [5, 5.41) is 13.4. The topological polar surface area (TPSA) is 128 Å². The van der Waals surface area contributed by atoms with Crippen molar-refractivity contribution in [3.05, 3.63) is 99.1 Å². The number of methoxy groups -OCH3 is 1. The summed E-state index contributed by atoms with van der Waals surface area (Å²) in [7, 11) is 1.46. The highest BCUT2D eigenvalue weighted by Gasteiger charge is 2.51. The van der Waals surface area contributed by atoms with Gasteiger partial charge in [-0.25, -0.2) is 9.69 Å². The number of carbonyl (C=O) groups is 3. The lowest BCUT2D eigenvalue weighted by Gasteiger charge is -2.57. The van der Waals surface area contributed by atoms with Gasteiger partial charge in [0.2, 0.25) is 0 Å². The molecule has 5 aliphatic rings. The number of nitro benzene ring substituents is 1. The van der Waals surface area contributed by atoms with Crippen molar-refractivity contribution in [2.45, 2.75) is 50.5 Å². The van der Waals surface area contributed by atoms with E-state index < -0.39 is 22.8 Å². The molecule has 0 aromatic heterocycles. The van der Waals surface area contributed by atoms with Gasteiger partial charge in [-0.3, -0.25) is 25.0 Å².